The summed E-state index contributed by atoms with van der Waals surface area (Å²) < 4.78 is 0.902. The Morgan fingerprint density at radius 1 is 1.75 bits per heavy atom. The van der Waals surface area contributed by atoms with Crippen LogP contribution in [0.1, 0.15) is 11.8 Å². The standard InChI is InChI=1S/C7H11NO2S2/c1-7(10,4-9)5-3-8-6(11-2)12-5/h3,9-10H,4H2,1-2H3/t7-/m0/s1. The van der Waals surface area contributed by atoms with Crippen molar-refractivity contribution >= 4 is 23.1 Å². The Kier molecular flexibility index (Phi) is 3.11. The average Bonchev–Trinajstić information content (AvgIpc) is 2.52. The minimum atomic E-state index is -1.15. The first-order valence-corrected chi connectivity index (χ1v) is 5.48. The van der Waals surface area contributed by atoms with Gasteiger partial charge >= 0.3 is 0 Å². The summed E-state index contributed by atoms with van der Waals surface area (Å²) in [7, 11) is 0. The van der Waals surface area contributed by atoms with Crippen molar-refractivity contribution in [3.05, 3.63) is 11.1 Å². The monoisotopic (exact) mass is 205 g/mol. The molecule has 0 fully saturated rings. The zero-order valence-electron chi connectivity index (χ0n) is 6.94. The van der Waals surface area contributed by atoms with Gasteiger partial charge in [0.25, 0.3) is 0 Å². The van der Waals surface area contributed by atoms with E-state index in [0.717, 1.165) is 4.34 Å². The lowest BCUT2D eigenvalue weighted by molar-refractivity contribution is 0.000631. The highest BCUT2D eigenvalue weighted by Crippen LogP contribution is 2.29. The highest BCUT2D eigenvalue weighted by Gasteiger charge is 2.24. The van der Waals surface area contributed by atoms with Crippen molar-refractivity contribution in [2.24, 2.45) is 0 Å². The van der Waals surface area contributed by atoms with Gasteiger partial charge in [0.2, 0.25) is 0 Å². The van der Waals surface area contributed by atoms with Gasteiger partial charge in [0.05, 0.1) is 11.5 Å². The number of rotatable bonds is 3. The second-order valence-electron chi connectivity index (χ2n) is 2.63. The molecule has 0 aliphatic heterocycles. The van der Waals surface area contributed by atoms with Crippen molar-refractivity contribution in [1.29, 1.82) is 0 Å². The first kappa shape index (κ1) is 9.98. The van der Waals surface area contributed by atoms with E-state index in [1.807, 2.05) is 6.26 Å². The van der Waals surface area contributed by atoms with Gasteiger partial charge in [0.1, 0.15) is 9.94 Å². The Balaban J connectivity index is 2.88. The molecule has 0 aliphatic carbocycles. The number of nitrogens with zero attached hydrogens (tertiary/aromatic N) is 1. The summed E-state index contributed by atoms with van der Waals surface area (Å²) in [6, 6.07) is 0. The Morgan fingerprint density at radius 3 is 2.83 bits per heavy atom. The van der Waals surface area contributed by atoms with Gasteiger partial charge in [0, 0.05) is 6.20 Å². The molecule has 0 spiro atoms. The summed E-state index contributed by atoms with van der Waals surface area (Å²) in [5.74, 6) is 0. The fraction of sp³-hybridized carbons (Fsp3) is 0.571. The SMILES string of the molecule is CSc1ncc([C@@](C)(O)CO)s1. The first-order valence-electron chi connectivity index (χ1n) is 3.43. The quantitative estimate of drug-likeness (QED) is 0.725. The third-order valence-corrected chi connectivity index (χ3v) is 3.75. The molecule has 2 N–H and O–H groups in total. The molecule has 0 radical (unpaired) electrons. The maximum absolute atomic E-state index is 9.61. The molecule has 0 bridgehead atoms. The van der Waals surface area contributed by atoms with E-state index in [2.05, 4.69) is 4.98 Å². The van der Waals surface area contributed by atoms with E-state index in [4.69, 9.17) is 5.11 Å². The number of thioether (sulfide) groups is 1. The topological polar surface area (TPSA) is 53.4 Å². The van der Waals surface area contributed by atoms with Crippen molar-refractivity contribution in [2.75, 3.05) is 12.9 Å². The summed E-state index contributed by atoms with van der Waals surface area (Å²) in [5.41, 5.74) is -1.15. The van der Waals surface area contributed by atoms with Gasteiger partial charge < -0.3 is 10.2 Å². The Hall–Kier alpha value is -0.100. The first-order chi connectivity index (χ1) is 5.60. The molecule has 0 amide bonds. The molecule has 5 heteroatoms. The zero-order chi connectivity index (χ0) is 9.19. The van der Waals surface area contributed by atoms with Crippen LogP contribution in [-0.4, -0.2) is 28.1 Å². The molecule has 0 unspecified atom stereocenters. The lowest BCUT2D eigenvalue weighted by Crippen LogP contribution is -2.24. The van der Waals surface area contributed by atoms with E-state index >= 15 is 0 Å². The molecule has 1 rings (SSSR count). The Morgan fingerprint density at radius 2 is 2.42 bits per heavy atom. The summed E-state index contributed by atoms with van der Waals surface area (Å²) in [6.07, 6.45) is 3.53. The second kappa shape index (κ2) is 3.74. The van der Waals surface area contributed by atoms with Crippen molar-refractivity contribution in [1.82, 2.24) is 4.98 Å². The van der Waals surface area contributed by atoms with Crippen LogP contribution in [0.5, 0.6) is 0 Å². The molecule has 0 aliphatic rings. The third kappa shape index (κ3) is 1.98. The van der Waals surface area contributed by atoms with E-state index in [-0.39, 0.29) is 6.61 Å². The number of hydrogen-bond donors (Lipinski definition) is 2. The fourth-order valence-corrected chi connectivity index (χ4v) is 2.12. The number of aliphatic hydroxyl groups excluding tert-OH is 1. The van der Waals surface area contributed by atoms with Gasteiger partial charge in [-0.05, 0) is 13.2 Å². The maximum atomic E-state index is 9.61. The van der Waals surface area contributed by atoms with E-state index in [1.165, 1.54) is 23.1 Å². The van der Waals surface area contributed by atoms with Gasteiger partial charge in [-0.25, -0.2) is 4.98 Å². The van der Waals surface area contributed by atoms with Crippen LogP contribution < -0.4 is 0 Å². The number of aromatic nitrogens is 1. The Bertz CT molecular complexity index is 260. The minimum absolute atomic E-state index is 0.275. The predicted octanol–water partition coefficient (Wildman–Crippen LogP) is 1.06. The highest BCUT2D eigenvalue weighted by molar-refractivity contribution is 8.00. The summed E-state index contributed by atoms with van der Waals surface area (Å²) in [4.78, 5) is 4.76. The van der Waals surface area contributed by atoms with Gasteiger partial charge in [-0.15, -0.1) is 11.3 Å². The minimum Gasteiger partial charge on any atom is -0.393 e. The van der Waals surface area contributed by atoms with Crippen LogP contribution in [-0.2, 0) is 5.60 Å². The second-order valence-corrected chi connectivity index (χ2v) is 4.71. The highest BCUT2D eigenvalue weighted by atomic mass is 32.2. The molecule has 12 heavy (non-hydrogen) atoms. The Labute approximate surface area is 79.5 Å². The lowest BCUT2D eigenvalue weighted by atomic mass is 10.1. The largest absolute Gasteiger partial charge is 0.393 e. The van der Waals surface area contributed by atoms with Gasteiger partial charge in [-0.1, -0.05) is 11.8 Å². The number of hydrogen-bond acceptors (Lipinski definition) is 5. The normalized spacial score (nSPS) is 16.0. The van der Waals surface area contributed by atoms with Crippen LogP contribution >= 0.6 is 23.1 Å². The van der Waals surface area contributed by atoms with Gasteiger partial charge in [-0.3, -0.25) is 0 Å². The molecular formula is C7H11NO2S2. The van der Waals surface area contributed by atoms with Gasteiger partial charge in [-0.2, -0.15) is 0 Å². The van der Waals surface area contributed by atoms with Crippen LogP contribution in [0, 0.1) is 0 Å². The van der Waals surface area contributed by atoms with Crippen molar-refractivity contribution in [3.8, 4) is 0 Å². The van der Waals surface area contributed by atoms with Crippen molar-refractivity contribution in [3.63, 3.8) is 0 Å². The van der Waals surface area contributed by atoms with Crippen molar-refractivity contribution < 1.29 is 10.2 Å². The lowest BCUT2D eigenvalue weighted by Gasteiger charge is -2.16. The molecule has 3 nitrogen and oxygen atoms in total. The third-order valence-electron chi connectivity index (χ3n) is 1.50. The van der Waals surface area contributed by atoms with E-state index in [1.54, 1.807) is 13.1 Å². The zero-order valence-corrected chi connectivity index (χ0v) is 8.58. The number of aliphatic hydroxyl groups is 2. The molecule has 0 aromatic carbocycles. The van der Waals surface area contributed by atoms with E-state index < -0.39 is 5.60 Å². The molecule has 1 heterocycles. The number of thiazole rings is 1. The summed E-state index contributed by atoms with van der Waals surface area (Å²) >= 11 is 2.94. The molecule has 1 aromatic rings. The van der Waals surface area contributed by atoms with Crippen molar-refractivity contribution in [2.45, 2.75) is 16.9 Å². The predicted molar refractivity (Wildman–Crippen MR) is 50.6 cm³/mol. The fourth-order valence-electron chi connectivity index (χ4n) is 0.679. The van der Waals surface area contributed by atoms with Crippen LogP contribution in [0.4, 0.5) is 0 Å². The van der Waals surface area contributed by atoms with Crippen LogP contribution in [0.15, 0.2) is 10.5 Å². The maximum Gasteiger partial charge on any atom is 0.149 e. The molecule has 1 atom stereocenters. The van der Waals surface area contributed by atoms with Crippen LogP contribution in [0.2, 0.25) is 0 Å². The summed E-state index contributed by atoms with van der Waals surface area (Å²) in [5, 5.41) is 18.5. The van der Waals surface area contributed by atoms with Crippen LogP contribution in [0.3, 0.4) is 0 Å². The van der Waals surface area contributed by atoms with E-state index in [0.29, 0.717) is 4.88 Å². The van der Waals surface area contributed by atoms with E-state index in [9.17, 15) is 5.11 Å². The molecule has 68 valence electrons. The average molecular weight is 205 g/mol. The summed E-state index contributed by atoms with van der Waals surface area (Å²) in [6.45, 7) is 1.30. The molecule has 1 aromatic heterocycles. The molecule has 0 saturated heterocycles. The molecule has 0 saturated carbocycles. The van der Waals surface area contributed by atoms with Gasteiger partial charge in [0.15, 0.2) is 0 Å². The van der Waals surface area contributed by atoms with Crippen LogP contribution in [0.25, 0.3) is 0 Å². The molecular weight excluding hydrogens is 194 g/mol. The smallest absolute Gasteiger partial charge is 0.149 e.